The Morgan fingerprint density at radius 3 is 2.57 bits per heavy atom. The van der Waals surface area contributed by atoms with E-state index in [0.29, 0.717) is 18.1 Å². The van der Waals surface area contributed by atoms with E-state index in [2.05, 4.69) is 29.4 Å². The van der Waals surface area contributed by atoms with Gasteiger partial charge in [-0.1, -0.05) is 13.8 Å². The number of carbonyl (C=O) groups excluding carboxylic acids is 1. The summed E-state index contributed by atoms with van der Waals surface area (Å²) in [5.74, 6) is 1.03. The average molecular weight is 311 g/mol. The first-order chi connectivity index (χ1) is 11.1. The zero-order chi connectivity index (χ0) is 16.7. The first-order valence-corrected chi connectivity index (χ1v) is 7.54. The summed E-state index contributed by atoms with van der Waals surface area (Å²) in [6.07, 6.45) is 3.12. The van der Waals surface area contributed by atoms with Crippen molar-refractivity contribution in [3.8, 4) is 5.75 Å². The van der Waals surface area contributed by atoms with Crippen LogP contribution in [0.2, 0.25) is 0 Å². The minimum Gasteiger partial charge on any atom is -0.493 e. The van der Waals surface area contributed by atoms with Crippen molar-refractivity contribution in [1.29, 1.82) is 0 Å². The molecule has 0 radical (unpaired) electrons. The molecule has 1 amide bonds. The van der Waals surface area contributed by atoms with Gasteiger partial charge < -0.3 is 4.74 Å². The predicted octanol–water partition coefficient (Wildman–Crippen LogP) is 3.27. The summed E-state index contributed by atoms with van der Waals surface area (Å²) in [7, 11) is 0. The molecule has 0 saturated heterocycles. The SMILES string of the molecule is C/C(=N/NC(=O)c1cccnc1)c1ccc(OCC(C)C)cc1. The van der Waals surface area contributed by atoms with Crippen LogP contribution in [0.15, 0.2) is 53.9 Å². The lowest BCUT2D eigenvalue weighted by Crippen LogP contribution is -2.19. The summed E-state index contributed by atoms with van der Waals surface area (Å²) < 4.78 is 5.64. The van der Waals surface area contributed by atoms with Crippen molar-refractivity contribution < 1.29 is 9.53 Å². The van der Waals surface area contributed by atoms with Crippen LogP contribution >= 0.6 is 0 Å². The van der Waals surface area contributed by atoms with Gasteiger partial charge in [0.15, 0.2) is 0 Å². The number of hydrogen-bond donors (Lipinski definition) is 1. The molecule has 1 aromatic heterocycles. The second kappa shape index (κ2) is 8.08. The number of aromatic nitrogens is 1. The minimum atomic E-state index is -0.283. The van der Waals surface area contributed by atoms with Crippen molar-refractivity contribution in [3.05, 3.63) is 59.9 Å². The molecule has 0 fully saturated rings. The highest BCUT2D eigenvalue weighted by Gasteiger charge is 2.05. The van der Waals surface area contributed by atoms with Gasteiger partial charge in [0, 0.05) is 12.4 Å². The van der Waals surface area contributed by atoms with Gasteiger partial charge in [0.25, 0.3) is 5.91 Å². The molecule has 0 aliphatic carbocycles. The Kier molecular flexibility index (Phi) is 5.86. The maximum Gasteiger partial charge on any atom is 0.272 e. The fourth-order valence-corrected chi connectivity index (χ4v) is 1.82. The van der Waals surface area contributed by atoms with Gasteiger partial charge in [0.1, 0.15) is 5.75 Å². The molecule has 0 aliphatic rings. The fourth-order valence-electron chi connectivity index (χ4n) is 1.82. The predicted molar refractivity (Wildman–Crippen MR) is 90.7 cm³/mol. The molecule has 1 N–H and O–H groups in total. The Labute approximate surface area is 136 Å². The summed E-state index contributed by atoms with van der Waals surface area (Å²) in [4.78, 5) is 15.8. The van der Waals surface area contributed by atoms with Crippen molar-refractivity contribution in [2.45, 2.75) is 20.8 Å². The molecule has 5 heteroatoms. The van der Waals surface area contributed by atoms with E-state index < -0.39 is 0 Å². The molecule has 2 rings (SSSR count). The van der Waals surface area contributed by atoms with Crippen LogP contribution in [0.1, 0.15) is 36.7 Å². The number of hydrogen-bond acceptors (Lipinski definition) is 4. The minimum absolute atomic E-state index is 0.283. The third-order valence-corrected chi connectivity index (χ3v) is 3.10. The lowest BCUT2D eigenvalue weighted by atomic mass is 10.1. The van der Waals surface area contributed by atoms with E-state index in [4.69, 9.17) is 4.74 Å². The number of rotatable bonds is 6. The van der Waals surface area contributed by atoms with Crippen molar-refractivity contribution in [3.63, 3.8) is 0 Å². The monoisotopic (exact) mass is 311 g/mol. The molecule has 0 atom stereocenters. The van der Waals surface area contributed by atoms with Gasteiger partial charge in [0.05, 0.1) is 17.9 Å². The Bertz CT molecular complexity index is 664. The number of pyridine rings is 1. The summed E-state index contributed by atoms with van der Waals surface area (Å²) in [6.45, 7) is 6.74. The average Bonchev–Trinajstić information content (AvgIpc) is 2.58. The van der Waals surface area contributed by atoms with E-state index in [0.717, 1.165) is 17.0 Å². The number of nitrogens with one attached hydrogen (secondary N) is 1. The highest BCUT2D eigenvalue weighted by molar-refractivity contribution is 6.00. The van der Waals surface area contributed by atoms with Crippen LogP contribution in [-0.4, -0.2) is 23.2 Å². The largest absolute Gasteiger partial charge is 0.493 e. The smallest absolute Gasteiger partial charge is 0.272 e. The lowest BCUT2D eigenvalue weighted by Gasteiger charge is -2.09. The van der Waals surface area contributed by atoms with E-state index in [1.807, 2.05) is 31.2 Å². The summed E-state index contributed by atoms with van der Waals surface area (Å²) in [6, 6.07) is 11.0. The molecule has 2 aromatic rings. The number of hydrazone groups is 1. The number of benzene rings is 1. The van der Waals surface area contributed by atoms with Crippen LogP contribution in [0.5, 0.6) is 5.75 Å². The Hall–Kier alpha value is -2.69. The van der Waals surface area contributed by atoms with Crippen molar-refractivity contribution >= 4 is 11.6 Å². The lowest BCUT2D eigenvalue weighted by molar-refractivity contribution is 0.0954. The first kappa shape index (κ1) is 16.7. The van der Waals surface area contributed by atoms with Crippen molar-refractivity contribution in [1.82, 2.24) is 10.4 Å². The molecule has 0 aliphatic heterocycles. The normalized spacial score (nSPS) is 11.4. The van der Waals surface area contributed by atoms with Gasteiger partial charge in [-0.25, -0.2) is 5.43 Å². The summed E-state index contributed by atoms with van der Waals surface area (Å²) in [5.41, 5.74) is 4.65. The number of carbonyl (C=O) groups is 1. The molecule has 0 unspecified atom stereocenters. The quantitative estimate of drug-likeness (QED) is 0.658. The van der Waals surface area contributed by atoms with Crippen molar-refractivity contribution in [2.24, 2.45) is 11.0 Å². The summed E-state index contributed by atoms with van der Waals surface area (Å²) in [5, 5.41) is 4.12. The molecule has 1 heterocycles. The van der Waals surface area contributed by atoms with Crippen molar-refractivity contribution in [2.75, 3.05) is 6.61 Å². The van der Waals surface area contributed by atoms with Crippen LogP contribution in [0, 0.1) is 5.92 Å². The zero-order valence-electron chi connectivity index (χ0n) is 13.6. The maximum absolute atomic E-state index is 11.9. The summed E-state index contributed by atoms with van der Waals surface area (Å²) >= 11 is 0. The standard InChI is InChI=1S/C18H21N3O2/c1-13(2)12-23-17-8-6-15(7-9-17)14(3)20-21-18(22)16-5-4-10-19-11-16/h4-11,13H,12H2,1-3H3,(H,21,22)/b20-14-. The molecule has 0 spiro atoms. The Morgan fingerprint density at radius 2 is 1.96 bits per heavy atom. The number of nitrogens with zero attached hydrogens (tertiary/aromatic N) is 2. The van der Waals surface area contributed by atoms with Gasteiger partial charge in [-0.05, 0) is 54.8 Å². The molecule has 1 aromatic carbocycles. The third-order valence-electron chi connectivity index (χ3n) is 3.10. The van der Waals surface area contributed by atoms with E-state index in [-0.39, 0.29) is 5.91 Å². The second-order valence-electron chi connectivity index (χ2n) is 5.61. The highest BCUT2D eigenvalue weighted by atomic mass is 16.5. The van der Waals surface area contributed by atoms with Gasteiger partial charge in [-0.2, -0.15) is 5.10 Å². The van der Waals surface area contributed by atoms with Gasteiger partial charge in [0.2, 0.25) is 0 Å². The van der Waals surface area contributed by atoms with Gasteiger partial charge in [-0.15, -0.1) is 0 Å². The molecule has 0 bridgehead atoms. The van der Waals surface area contributed by atoms with Crippen LogP contribution in [0.4, 0.5) is 0 Å². The molecule has 23 heavy (non-hydrogen) atoms. The molecular weight excluding hydrogens is 290 g/mol. The van der Waals surface area contributed by atoms with Gasteiger partial charge >= 0.3 is 0 Å². The third kappa shape index (κ3) is 5.21. The first-order valence-electron chi connectivity index (χ1n) is 7.54. The fraction of sp³-hybridized carbons (Fsp3) is 0.278. The number of ether oxygens (including phenoxy) is 1. The molecule has 120 valence electrons. The molecule has 0 saturated carbocycles. The van der Waals surface area contributed by atoms with Crippen LogP contribution in [0.25, 0.3) is 0 Å². The molecular formula is C18H21N3O2. The van der Waals surface area contributed by atoms with Crippen LogP contribution < -0.4 is 10.2 Å². The second-order valence-corrected chi connectivity index (χ2v) is 5.61. The highest BCUT2D eigenvalue weighted by Crippen LogP contribution is 2.13. The van der Waals surface area contributed by atoms with Gasteiger partial charge in [-0.3, -0.25) is 9.78 Å². The van der Waals surface area contributed by atoms with Crippen LogP contribution in [0.3, 0.4) is 0 Å². The van der Waals surface area contributed by atoms with E-state index in [9.17, 15) is 4.79 Å². The Morgan fingerprint density at radius 1 is 1.22 bits per heavy atom. The maximum atomic E-state index is 11.9. The van der Waals surface area contributed by atoms with E-state index in [1.54, 1.807) is 18.3 Å². The van der Waals surface area contributed by atoms with E-state index in [1.165, 1.54) is 6.20 Å². The number of amides is 1. The molecule has 5 nitrogen and oxygen atoms in total. The topological polar surface area (TPSA) is 63.6 Å². The zero-order valence-corrected chi connectivity index (χ0v) is 13.6. The van der Waals surface area contributed by atoms with Crippen LogP contribution in [-0.2, 0) is 0 Å². The van der Waals surface area contributed by atoms with E-state index >= 15 is 0 Å². The Balaban J connectivity index is 1.96.